The summed E-state index contributed by atoms with van der Waals surface area (Å²) < 4.78 is 0. The molecule has 2 N–H and O–H groups in total. The quantitative estimate of drug-likeness (QED) is 0.426. The molecule has 0 aromatic carbocycles. The summed E-state index contributed by atoms with van der Waals surface area (Å²) in [4.78, 5) is 0. The molecule has 0 unspecified atom stereocenters. The van der Waals surface area contributed by atoms with Crippen LogP contribution < -0.4 is 0 Å². The van der Waals surface area contributed by atoms with Crippen LogP contribution in [-0.2, 0) is 0 Å². The first-order chi connectivity index (χ1) is 4.80. The topological polar surface area (TPSA) is 40.5 Å². The summed E-state index contributed by atoms with van der Waals surface area (Å²) >= 11 is 0. The first kappa shape index (κ1) is 8.09. The number of hydrogen-bond donors (Lipinski definition) is 2. The molecule has 0 spiro atoms. The van der Waals surface area contributed by atoms with Crippen LogP contribution in [0, 0.1) is 0 Å². The second kappa shape index (κ2) is 3.99. The van der Waals surface area contributed by atoms with Crippen LogP contribution in [0.15, 0.2) is 0 Å². The van der Waals surface area contributed by atoms with E-state index in [1.54, 1.807) is 0 Å². The van der Waals surface area contributed by atoms with Gasteiger partial charge in [-0.05, 0) is 5.82 Å². The van der Waals surface area contributed by atoms with Crippen LogP contribution in [0.1, 0.15) is 38.5 Å². The van der Waals surface area contributed by atoms with Gasteiger partial charge in [-0.1, -0.05) is 38.5 Å². The van der Waals surface area contributed by atoms with E-state index in [2.05, 4.69) is 0 Å². The van der Waals surface area contributed by atoms with E-state index in [1.807, 2.05) is 0 Å². The third kappa shape index (κ3) is 2.31. The number of rotatable bonds is 1. The van der Waals surface area contributed by atoms with E-state index in [9.17, 15) is 0 Å². The van der Waals surface area contributed by atoms with Crippen molar-refractivity contribution in [2.24, 2.45) is 0 Å². The molecule has 0 radical (unpaired) electrons. The molecule has 1 aliphatic carbocycles. The fourth-order valence-corrected chi connectivity index (χ4v) is 1.61. The Morgan fingerprint density at radius 1 is 0.900 bits per heavy atom. The molecule has 0 aromatic rings. The van der Waals surface area contributed by atoms with Gasteiger partial charge in [-0.15, -0.1) is 0 Å². The highest BCUT2D eigenvalue weighted by atomic mass is 16.4. The summed E-state index contributed by atoms with van der Waals surface area (Å²) in [5.74, 6) is 0.155. The SMILES string of the molecule is OB(O)C1CCCCCC1. The fourth-order valence-electron chi connectivity index (χ4n) is 1.61. The van der Waals surface area contributed by atoms with Crippen LogP contribution >= 0.6 is 0 Å². The lowest BCUT2D eigenvalue weighted by Crippen LogP contribution is -2.19. The molecule has 58 valence electrons. The maximum Gasteiger partial charge on any atom is 0.454 e. The predicted molar refractivity (Wildman–Crippen MR) is 41.6 cm³/mol. The molecule has 3 heteroatoms. The molecule has 2 nitrogen and oxygen atoms in total. The highest BCUT2D eigenvalue weighted by molar-refractivity contribution is 6.43. The summed E-state index contributed by atoms with van der Waals surface area (Å²) in [7, 11) is -1.07. The molecular weight excluding hydrogens is 127 g/mol. The molecule has 1 aliphatic rings. The molecule has 0 aromatic heterocycles. The zero-order valence-electron chi connectivity index (χ0n) is 6.29. The van der Waals surface area contributed by atoms with Crippen molar-refractivity contribution in [3.05, 3.63) is 0 Å². The minimum Gasteiger partial charge on any atom is -0.427 e. The van der Waals surface area contributed by atoms with E-state index < -0.39 is 7.12 Å². The van der Waals surface area contributed by atoms with Gasteiger partial charge in [0, 0.05) is 0 Å². The Kier molecular flexibility index (Phi) is 3.22. The average Bonchev–Trinajstić information content (AvgIpc) is 2.12. The molecule has 10 heavy (non-hydrogen) atoms. The van der Waals surface area contributed by atoms with Crippen molar-refractivity contribution in [1.29, 1.82) is 0 Å². The van der Waals surface area contributed by atoms with Crippen LogP contribution in [0.3, 0.4) is 0 Å². The molecule has 0 saturated heterocycles. The molecule has 0 amide bonds. The lowest BCUT2D eigenvalue weighted by Gasteiger charge is -2.10. The summed E-state index contributed by atoms with van der Waals surface area (Å²) in [6, 6.07) is 0. The maximum absolute atomic E-state index is 8.86. The van der Waals surface area contributed by atoms with Gasteiger partial charge in [0.25, 0.3) is 0 Å². The summed E-state index contributed by atoms with van der Waals surface area (Å²) in [5, 5.41) is 17.7. The number of hydrogen-bond acceptors (Lipinski definition) is 2. The van der Waals surface area contributed by atoms with E-state index in [0.29, 0.717) is 0 Å². The largest absolute Gasteiger partial charge is 0.454 e. The van der Waals surface area contributed by atoms with E-state index >= 15 is 0 Å². The van der Waals surface area contributed by atoms with Gasteiger partial charge in [0.1, 0.15) is 0 Å². The second-order valence-corrected chi connectivity index (χ2v) is 3.17. The van der Waals surface area contributed by atoms with Gasteiger partial charge in [-0.25, -0.2) is 0 Å². The van der Waals surface area contributed by atoms with Gasteiger partial charge in [0.15, 0.2) is 0 Å². The molecular formula is C7H15BO2. The van der Waals surface area contributed by atoms with Gasteiger partial charge in [-0.2, -0.15) is 0 Å². The van der Waals surface area contributed by atoms with Gasteiger partial charge in [-0.3, -0.25) is 0 Å². The Morgan fingerprint density at radius 3 is 1.80 bits per heavy atom. The Morgan fingerprint density at radius 2 is 1.40 bits per heavy atom. The molecule has 0 atom stereocenters. The zero-order chi connectivity index (χ0) is 7.40. The second-order valence-electron chi connectivity index (χ2n) is 3.17. The van der Waals surface area contributed by atoms with E-state index in [4.69, 9.17) is 10.0 Å². The van der Waals surface area contributed by atoms with Crippen molar-refractivity contribution in [2.45, 2.75) is 44.3 Å². The van der Waals surface area contributed by atoms with Crippen molar-refractivity contribution in [3.63, 3.8) is 0 Å². The lowest BCUT2D eigenvalue weighted by atomic mass is 9.69. The van der Waals surface area contributed by atoms with Gasteiger partial charge in [0.2, 0.25) is 0 Å². The van der Waals surface area contributed by atoms with E-state index in [0.717, 1.165) is 12.8 Å². The fraction of sp³-hybridized carbons (Fsp3) is 1.00. The molecule has 1 fully saturated rings. The third-order valence-electron chi connectivity index (χ3n) is 2.32. The van der Waals surface area contributed by atoms with Gasteiger partial charge < -0.3 is 10.0 Å². The highest BCUT2D eigenvalue weighted by Crippen LogP contribution is 2.27. The summed E-state index contributed by atoms with van der Waals surface area (Å²) in [6.07, 6.45) is 6.87. The van der Waals surface area contributed by atoms with Gasteiger partial charge in [0.05, 0.1) is 0 Å². The lowest BCUT2D eigenvalue weighted by molar-refractivity contribution is 0.374. The van der Waals surface area contributed by atoms with Gasteiger partial charge >= 0.3 is 7.12 Å². The minimum atomic E-state index is -1.07. The Hall–Kier alpha value is -0.0151. The molecule has 0 aliphatic heterocycles. The highest BCUT2D eigenvalue weighted by Gasteiger charge is 2.23. The Bertz CT molecular complexity index is 87.6. The van der Waals surface area contributed by atoms with Crippen molar-refractivity contribution < 1.29 is 10.0 Å². The molecule has 1 rings (SSSR count). The predicted octanol–water partition coefficient (Wildman–Crippen LogP) is 1.18. The van der Waals surface area contributed by atoms with Crippen LogP contribution in [0.5, 0.6) is 0 Å². The van der Waals surface area contributed by atoms with E-state index in [1.165, 1.54) is 25.7 Å². The monoisotopic (exact) mass is 142 g/mol. The smallest absolute Gasteiger partial charge is 0.427 e. The third-order valence-corrected chi connectivity index (χ3v) is 2.32. The average molecular weight is 142 g/mol. The van der Waals surface area contributed by atoms with Crippen molar-refractivity contribution in [3.8, 4) is 0 Å². The van der Waals surface area contributed by atoms with Crippen LogP contribution in [0.25, 0.3) is 0 Å². The standard InChI is InChI=1S/C7H15BO2/c9-8(10)7-5-3-1-2-4-6-7/h7,9-10H,1-6H2. The van der Waals surface area contributed by atoms with Crippen LogP contribution in [0.2, 0.25) is 5.82 Å². The first-order valence-electron chi connectivity index (χ1n) is 4.17. The molecule has 0 bridgehead atoms. The summed E-state index contributed by atoms with van der Waals surface area (Å²) in [6.45, 7) is 0. The maximum atomic E-state index is 8.86. The van der Waals surface area contributed by atoms with Crippen LogP contribution in [-0.4, -0.2) is 17.2 Å². The molecule has 1 saturated carbocycles. The van der Waals surface area contributed by atoms with Crippen molar-refractivity contribution in [1.82, 2.24) is 0 Å². The Balaban J connectivity index is 2.28. The van der Waals surface area contributed by atoms with Crippen LogP contribution in [0.4, 0.5) is 0 Å². The normalized spacial score (nSPS) is 22.2. The van der Waals surface area contributed by atoms with Crippen molar-refractivity contribution in [2.75, 3.05) is 0 Å². The summed E-state index contributed by atoms with van der Waals surface area (Å²) in [5.41, 5.74) is 0. The Labute approximate surface area is 62.4 Å². The zero-order valence-corrected chi connectivity index (χ0v) is 6.29. The van der Waals surface area contributed by atoms with E-state index in [-0.39, 0.29) is 5.82 Å². The molecule has 0 heterocycles. The first-order valence-corrected chi connectivity index (χ1v) is 4.17. The van der Waals surface area contributed by atoms with Crippen molar-refractivity contribution >= 4 is 7.12 Å². The minimum absolute atomic E-state index is 0.155.